The highest BCUT2D eigenvalue weighted by atomic mass is 32.1. The Morgan fingerprint density at radius 3 is 2.68 bits per heavy atom. The van der Waals surface area contributed by atoms with Crippen molar-refractivity contribution in [1.29, 1.82) is 0 Å². The van der Waals surface area contributed by atoms with Gasteiger partial charge in [0.1, 0.15) is 5.76 Å². The first-order chi connectivity index (χ1) is 12.3. The van der Waals surface area contributed by atoms with E-state index in [-0.39, 0.29) is 0 Å². The molecule has 4 rings (SSSR count). The number of para-hydroxylation sites is 1. The van der Waals surface area contributed by atoms with Crippen molar-refractivity contribution in [1.82, 2.24) is 9.88 Å². The van der Waals surface area contributed by atoms with Crippen LogP contribution < -0.4 is 10.6 Å². The average Bonchev–Trinajstić information content (AvgIpc) is 3.25. The number of hydrogen-bond donors (Lipinski definition) is 2. The van der Waals surface area contributed by atoms with E-state index in [9.17, 15) is 0 Å². The predicted molar refractivity (Wildman–Crippen MR) is 107 cm³/mol. The van der Waals surface area contributed by atoms with Crippen LogP contribution in [0.3, 0.4) is 0 Å². The van der Waals surface area contributed by atoms with Crippen molar-refractivity contribution in [3.63, 3.8) is 0 Å². The monoisotopic (exact) mass is 349 g/mol. The van der Waals surface area contributed by atoms with Crippen LogP contribution in [0.25, 0.3) is 21.8 Å². The highest BCUT2D eigenvalue weighted by molar-refractivity contribution is 7.80. The number of fused-ring (bicyclic) bond motifs is 3. The lowest BCUT2D eigenvalue weighted by molar-refractivity contribution is 0.503. The third-order valence-corrected chi connectivity index (χ3v) is 4.60. The number of anilines is 1. The van der Waals surface area contributed by atoms with Crippen molar-refractivity contribution in [3.05, 3.63) is 66.6 Å². The summed E-state index contributed by atoms with van der Waals surface area (Å²) in [5.74, 6) is 0.852. The van der Waals surface area contributed by atoms with Gasteiger partial charge in [0.15, 0.2) is 5.11 Å². The minimum absolute atomic E-state index is 0.566. The molecule has 126 valence electrons. The molecule has 0 spiro atoms. The lowest BCUT2D eigenvalue weighted by Gasteiger charge is -2.10. The first-order valence-electron chi connectivity index (χ1n) is 8.34. The van der Waals surface area contributed by atoms with E-state index in [1.54, 1.807) is 6.26 Å². The van der Waals surface area contributed by atoms with Crippen molar-refractivity contribution in [2.75, 3.05) is 5.32 Å². The number of thiocarbonyl (C=S) groups is 1. The molecule has 0 saturated heterocycles. The molecule has 0 atom stereocenters. The zero-order valence-corrected chi connectivity index (χ0v) is 14.8. The normalized spacial score (nSPS) is 11.1. The molecule has 0 fully saturated rings. The topological polar surface area (TPSA) is 42.1 Å². The number of hydrogen-bond acceptors (Lipinski definition) is 2. The molecule has 2 heterocycles. The van der Waals surface area contributed by atoms with Gasteiger partial charge in [-0.05, 0) is 55.5 Å². The molecule has 2 aromatic carbocycles. The maximum atomic E-state index is 5.39. The molecule has 4 nitrogen and oxygen atoms in total. The minimum atomic E-state index is 0.566. The van der Waals surface area contributed by atoms with Gasteiger partial charge >= 0.3 is 0 Å². The van der Waals surface area contributed by atoms with Gasteiger partial charge in [-0.1, -0.05) is 18.2 Å². The molecular formula is C20H19N3OS. The molecule has 0 radical (unpaired) electrons. The fraction of sp³-hybridized carbons (Fsp3) is 0.150. The molecule has 0 saturated carbocycles. The van der Waals surface area contributed by atoms with Gasteiger partial charge in [0.2, 0.25) is 0 Å². The number of rotatable bonds is 4. The predicted octanol–water partition coefficient (Wildman–Crippen LogP) is 4.89. The quantitative estimate of drug-likeness (QED) is 0.515. The fourth-order valence-electron chi connectivity index (χ4n) is 3.23. The largest absolute Gasteiger partial charge is 0.467 e. The molecule has 2 aromatic heterocycles. The molecule has 0 aliphatic rings. The summed E-state index contributed by atoms with van der Waals surface area (Å²) in [6.07, 6.45) is 1.66. The molecule has 0 unspecified atom stereocenters. The Bertz CT molecular complexity index is 1030. The molecule has 0 amide bonds. The Kier molecular flexibility index (Phi) is 4.15. The third kappa shape index (κ3) is 2.98. The maximum absolute atomic E-state index is 5.39. The fourth-order valence-corrected chi connectivity index (χ4v) is 3.42. The van der Waals surface area contributed by atoms with E-state index in [4.69, 9.17) is 16.6 Å². The van der Waals surface area contributed by atoms with Crippen LogP contribution in [-0.2, 0) is 13.1 Å². The van der Waals surface area contributed by atoms with Crippen LogP contribution in [0.1, 0.15) is 12.7 Å². The van der Waals surface area contributed by atoms with E-state index >= 15 is 0 Å². The van der Waals surface area contributed by atoms with Crippen LogP contribution in [0.15, 0.2) is 65.3 Å². The van der Waals surface area contributed by atoms with Crippen LogP contribution in [-0.4, -0.2) is 9.68 Å². The maximum Gasteiger partial charge on any atom is 0.171 e. The summed E-state index contributed by atoms with van der Waals surface area (Å²) in [5, 5.41) is 9.49. The summed E-state index contributed by atoms with van der Waals surface area (Å²) < 4.78 is 7.64. The Morgan fingerprint density at radius 2 is 1.88 bits per heavy atom. The number of aromatic nitrogens is 1. The smallest absolute Gasteiger partial charge is 0.171 e. The van der Waals surface area contributed by atoms with E-state index in [0.717, 1.165) is 18.0 Å². The summed E-state index contributed by atoms with van der Waals surface area (Å²) in [6, 6.07) is 18.7. The van der Waals surface area contributed by atoms with E-state index in [0.29, 0.717) is 11.7 Å². The lowest BCUT2D eigenvalue weighted by atomic mass is 10.1. The van der Waals surface area contributed by atoms with Crippen LogP contribution in [0.4, 0.5) is 5.69 Å². The van der Waals surface area contributed by atoms with Crippen molar-refractivity contribution in [2.45, 2.75) is 20.0 Å². The molecule has 2 N–H and O–H groups in total. The first kappa shape index (κ1) is 15.7. The zero-order valence-electron chi connectivity index (χ0n) is 14.0. The number of benzene rings is 2. The summed E-state index contributed by atoms with van der Waals surface area (Å²) in [4.78, 5) is 0. The molecular weight excluding hydrogens is 330 g/mol. The molecule has 0 bridgehead atoms. The zero-order chi connectivity index (χ0) is 17.2. The average molecular weight is 349 g/mol. The highest BCUT2D eigenvalue weighted by Crippen LogP contribution is 2.30. The lowest BCUT2D eigenvalue weighted by Crippen LogP contribution is -2.27. The van der Waals surface area contributed by atoms with Gasteiger partial charge in [0, 0.05) is 34.0 Å². The molecule has 25 heavy (non-hydrogen) atoms. The van der Waals surface area contributed by atoms with Gasteiger partial charge in [0.25, 0.3) is 0 Å². The van der Waals surface area contributed by atoms with E-state index in [2.05, 4.69) is 64.6 Å². The summed E-state index contributed by atoms with van der Waals surface area (Å²) in [6.45, 7) is 3.68. The van der Waals surface area contributed by atoms with Gasteiger partial charge in [-0.3, -0.25) is 0 Å². The Balaban J connectivity index is 1.60. The highest BCUT2D eigenvalue weighted by Gasteiger charge is 2.10. The van der Waals surface area contributed by atoms with E-state index in [1.165, 1.54) is 21.8 Å². The van der Waals surface area contributed by atoms with Crippen molar-refractivity contribution in [2.24, 2.45) is 0 Å². The second kappa shape index (κ2) is 6.61. The van der Waals surface area contributed by atoms with Gasteiger partial charge in [-0.15, -0.1) is 0 Å². The van der Waals surface area contributed by atoms with Crippen molar-refractivity contribution in [3.8, 4) is 0 Å². The second-order valence-electron chi connectivity index (χ2n) is 5.88. The van der Waals surface area contributed by atoms with E-state index < -0.39 is 0 Å². The number of furan rings is 1. The van der Waals surface area contributed by atoms with Gasteiger partial charge in [-0.2, -0.15) is 0 Å². The molecule has 0 aliphatic carbocycles. The van der Waals surface area contributed by atoms with Crippen molar-refractivity contribution >= 4 is 44.8 Å². The number of nitrogens with zero attached hydrogens (tertiary/aromatic N) is 1. The van der Waals surface area contributed by atoms with Crippen LogP contribution in [0, 0.1) is 0 Å². The van der Waals surface area contributed by atoms with Gasteiger partial charge in [-0.25, -0.2) is 0 Å². The summed E-state index contributed by atoms with van der Waals surface area (Å²) in [7, 11) is 0. The molecule has 0 aliphatic heterocycles. The summed E-state index contributed by atoms with van der Waals surface area (Å²) in [5.41, 5.74) is 3.47. The van der Waals surface area contributed by atoms with Gasteiger partial charge in [0.05, 0.1) is 12.8 Å². The molecule has 4 aromatic rings. The Morgan fingerprint density at radius 1 is 1.04 bits per heavy atom. The molecule has 5 heteroatoms. The van der Waals surface area contributed by atoms with Crippen LogP contribution in [0.2, 0.25) is 0 Å². The summed E-state index contributed by atoms with van der Waals surface area (Å²) >= 11 is 5.39. The van der Waals surface area contributed by atoms with E-state index in [1.807, 2.05) is 12.1 Å². The first-order valence-corrected chi connectivity index (χ1v) is 8.75. The Labute approximate surface area is 151 Å². The minimum Gasteiger partial charge on any atom is -0.467 e. The number of nitrogens with one attached hydrogen (secondary N) is 2. The second-order valence-corrected chi connectivity index (χ2v) is 6.29. The standard InChI is InChI=1S/C20H19N3OS/c1-2-23-18-8-4-3-7-16(18)17-12-14(9-10-19(17)23)22-20(25)21-13-15-6-5-11-24-15/h3-12H,2,13H2,1H3,(H2,21,22,25). The van der Waals surface area contributed by atoms with Crippen molar-refractivity contribution < 1.29 is 4.42 Å². The Hall–Kier alpha value is -2.79. The SMILES string of the molecule is CCn1c2ccccc2c2cc(NC(=S)NCc3ccco3)ccc21. The van der Waals surface area contributed by atoms with Gasteiger partial charge < -0.3 is 19.6 Å². The number of aryl methyl sites for hydroxylation is 1. The van der Waals surface area contributed by atoms with Crippen LogP contribution in [0.5, 0.6) is 0 Å². The third-order valence-electron chi connectivity index (χ3n) is 4.35. The van der Waals surface area contributed by atoms with Crippen LogP contribution >= 0.6 is 12.2 Å².